The number of hydrogen-bond acceptors (Lipinski definition) is 4. The lowest BCUT2D eigenvalue weighted by atomic mass is 10.2. The minimum atomic E-state index is -0.466. The molecule has 0 heterocycles. The molecule has 0 aliphatic heterocycles. The number of aryl methyl sites for hydroxylation is 1. The standard InChI is InChI=1S/C11H14N2O4/c1-8-7-9(4-5-10(8)13(16)17)12-11(15)3-2-6-14/h4-5,7,14H,2-3,6H2,1H3,(H,12,15). The molecule has 0 atom stereocenters. The number of nitro groups is 1. The van der Waals surface area contributed by atoms with Gasteiger partial charge < -0.3 is 10.4 Å². The molecule has 0 spiro atoms. The quantitative estimate of drug-likeness (QED) is 0.602. The molecule has 0 bridgehead atoms. The van der Waals surface area contributed by atoms with Gasteiger partial charge in [0.05, 0.1) is 4.92 Å². The number of carbonyl (C=O) groups is 1. The van der Waals surface area contributed by atoms with Crippen LogP contribution < -0.4 is 5.32 Å². The minimum Gasteiger partial charge on any atom is -0.396 e. The number of aliphatic hydroxyl groups excluding tert-OH is 1. The van der Waals surface area contributed by atoms with E-state index >= 15 is 0 Å². The van der Waals surface area contributed by atoms with Gasteiger partial charge in [-0.1, -0.05) is 0 Å². The third-order valence-corrected chi connectivity index (χ3v) is 2.24. The number of anilines is 1. The number of benzene rings is 1. The van der Waals surface area contributed by atoms with Crippen molar-refractivity contribution in [1.82, 2.24) is 0 Å². The molecule has 0 aliphatic rings. The molecule has 0 saturated carbocycles. The summed E-state index contributed by atoms with van der Waals surface area (Å²) in [7, 11) is 0. The number of nitrogens with zero attached hydrogens (tertiary/aromatic N) is 1. The van der Waals surface area contributed by atoms with Crippen LogP contribution in [0, 0.1) is 17.0 Å². The molecule has 0 aliphatic carbocycles. The Labute approximate surface area is 98.4 Å². The second kappa shape index (κ2) is 5.95. The third kappa shape index (κ3) is 3.84. The number of carbonyl (C=O) groups excluding carboxylic acids is 1. The van der Waals surface area contributed by atoms with Gasteiger partial charge in [-0.05, 0) is 25.5 Å². The van der Waals surface area contributed by atoms with Crippen molar-refractivity contribution in [1.29, 1.82) is 0 Å². The van der Waals surface area contributed by atoms with Gasteiger partial charge in [-0.25, -0.2) is 0 Å². The summed E-state index contributed by atoms with van der Waals surface area (Å²) >= 11 is 0. The summed E-state index contributed by atoms with van der Waals surface area (Å²) in [4.78, 5) is 21.5. The van der Waals surface area contributed by atoms with Crippen LogP contribution in [-0.4, -0.2) is 22.5 Å². The fourth-order valence-corrected chi connectivity index (χ4v) is 1.40. The Morgan fingerprint density at radius 3 is 2.76 bits per heavy atom. The van der Waals surface area contributed by atoms with Crippen LogP contribution in [-0.2, 0) is 4.79 Å². The van der Waals surface area contributed by atoms with E-state index in [1.807, 2.05) is 0 Å². The summed E-state index contributed by atoms with van der Waals surface area (Å²) in [5.41, 5.74) is 1.05. The maximum absolute atomic E-state index is 11.3. The van der Waals surface area contributed by atoms with Crippen molar-refractivity contribution in [2.75, 3.05) is 11.9 Å². The van der Waals surface area contributed by atoms with Crippen molar-refractivity contribution in [2.45, 2.75) is 19.8 Å². The van der Waals surface area contributed by atoms with Crippen molar-refractivity contribution in [3.63, 3.8) is 0 Å². The summed E-state index contributed by atoms with van der Waals surface area (Å²) in [6, 6.07) is 4.40. The fourth-order valence-electron chi connectivity index (χ4n) is 1.40. The highest BCUT2D eigenvalue weighted by Gasteiger charge is 2.11. The van der Waals surface area contributed by atoms with Crippen molar-refractivity contribution in [3.8, 4) is 0 Å². The molecule has 2 N–H and O–H groups in total. The Balaban J connectivity index is 2.70. The highest BCUT2D eigenvalue weighted by molar-refractivity contribution is 5.90. The van der Waals surface area contributed by atoms with E-state index in [-0.39, 0.29) is 24.6 Å². The van der Waals surface area contributed by atoms with Gasteiger partial charge in [-0.3, -0.25) is 14.9 Å². The number of nitro benzene ring substituents is 1. The van der Waals surface area contributed by atoms with Crippen molar-refractivity contribution < 1.29 is 14.8 Å². The van der Waals surface area contributed by atoms with Gasteiger partial charge in [-0.15, -0.1) is 0 Å². The number of hydrogen-bond donors (Lipinski definition) is 2. The van der Waals surface area contributed by atoms with Crippen molar-refractivity contribution in [3.05, 3.63) is 33.9 Å². The smallest absolute Gasteiger partial charge is 0.272 e. The molecule has 1 aromatic carbocycles. The minimum absolute atomic E-state index is 0.0263. The van der Waals surface area contributed by atoms with Gasteiger partial charge >= 0.3 is 0 Å². The largest absolute Gasteiger partial charge is 0.396 e. The highest BCUT2D eigenvalue weighted by atomic mass is 16.6. The molecule has 17 heavy (non-hydrogen) atoms. The summed E-state index contributed by atoms with van der Waals surface area (Å²) in [6.07, 6.45) is 0.629. The van der Waals surface area contributed by atoms with E-state index in [1.54, 1.807) is 13.0 Å². The lowest BCUT2D eigenvalue weighted by Gasteiger charge is -2.05. The Morgan fingerprint density at radius 1 is 1.53 bits per heavy atom. The molecular formula is C11H14N2O4. The predicted octanol–water partition coefficient (Wildman–Crippen LogP) is 1.61. The molecule has 6 nitrogen and oxygen atoms in total. The van der Waals surface area contributed by atoms with E-state index < -0.39 is 4.92 Å². The molecule has 0 saturated heterocycles. The first kappa shape index (κ1) is 13.1. The molecule has 1 aromatic rings. The molecule has 92 valence electrons. The number of aliphatic hydroxyl groups is 1. The second-order valence-electron chi connectivity index (χ2n) is 3.63. The number of amides is 1. The molecule has 0 fully saturated rings. The zero-order chi connectivity index (χ0) is 12.8. The van der Waals surface area contributed by atoms with E-state index in [2.05, 4.69) is 5.32 Å². The van der Waals surface area contributed by atoms with E-state index in [0.29, 0.717) is 17.7 Å². The molecule has 6 heteroatoms. The summed E-state index contributed by atoms with van der Waals surface area (Å²) < 4.78 is 0. The maximum atomic E-state index is 11.3. The summed E-state index contributed by atoms with van der Waals surface area (Å²) in [5.74, 6) is -0.215. The maximum Gasteiger partial charge on any atom is 0.272 e. The van der Waals surface area contributed by atoms with Crippen LogP contribution in [0.15, 0.2) is 18.2 Å². The van der Waals surface area contributed by atoms with Gasteiger partial charge in [0.1, 0.15) is 0 Å². The van der Waals surface area contributed by atoms with Crippen LogP contribution >= 0.6 is 0 Å². The second-order valence-corrected chi connectivity index (χ2v) is 3.63. The van der Waals surface area contributed by atoms with Crippen molar-refractivity contribution >= 4 is 17.3 Å². The molecule has 0 radical (unpaired) electrons. The lowest BCUT2D eigenvalue weighted by Crippen LogP contribution is -2.11. The van der Waals surface area contributed by atoms with Crippen LogP contribution in [0.3, 0.4) is 0 Å². The summed E-state index contributed by atoms with van der Waals surface area (Å²) in [5, 5.41) is 21.8. The zero-order valence-electron chi connectivity index (χ0n) is 9.47. The lowest BCUT2D eigenvalue weighted by molar-refractivity contribution is -0.385. The first-order valence-corrected chi connectivity index (χ1v) is 5.20. The van der Waals surface area contributed by atoms with Gasteiger partial charge in [0.2, 0.25) is 5.91 Å². The average molecular weight is 238 g/mol. The van der Waals surface area contributed by atoms with Crippen LogP contribution in [0.2, 0.25) is 0 Å². The monoisotopic (exact) mass is 238 g/mol. The molecule has 0 aromatic heterocycles. The normalized spacial score (nSPS) is 10.0. The van der Waals surface area contributed by atoms with E-state index in [1.165, 1.54) is 12.1 Å². The van der Waals surface area contributed by atoms with Gasteiger partial charge in [0, 0.05) is 30.3 Å². The van der Waals surface area contributed by atoms with Crippen LogP contribution in [0.4, 0.5) is 11.4 Å². The van der Waals surface area contributed by atoms with Crippen molar-refractivity contribution in [2.24, 2.45) is 0 Å². The molecular weight excluding hydrogens is 224 g/mol. The Bertz CT molecular complexity index is 431. The number of nitrogens with one attached hydrogen (secondary N) is 1. The number of rotatable bonds is 5. The first-order valence-electron chi connectivity index (χ1n) is 5.20. The Hall–Kier alpha value is -1.95. The van der Waals surface area contributed by atoms with Gasteiger partial charge in [-0.2, -0.15) is 0 Å². The van der Waals surface area contributed by atoms with Crippen LogP contribution in [0.25, 0.3) is 0 Å². The Morgan fingerprint density at radius 2 is 2.24 bits per heavy atom. The van der Waals surface area contributed by atoms with E-state index in [4.69, 9.17) is 5.11 Å². The molecule has 1 amide bonds. The van der Waals surface area contributed by atoms with E-state index in [0.717, 1.165) is 0 Å². The van der Waals surface area contributed by atoms with Crippen LogP contribution in [0.5, 0.6) is 0 Å². The van der Waals surface area contributed by atoms with Gasteiger partial charge in [0.25, 0.3) is 5.69 Å². The predicted molar refractivity (Wildman–Crippen MR) is 62.8 cm³/mol. The average Bonchev–Trinajstić information content (AvgIpc) is 2.26. The van der Waals surface area contributed by atoms with Gasteiger partial charge in [0.15, 0.2) is 0 Å². The SMILES string of the molecule is Cc1cc(NC(=O)CCCO)ccc1[N+](=O)[O-]. The fraction of sp³-hybridized carbons (Fsp3) is 0.364. The summed E-state index contributed by atoms with van der Waals surface area (Å²) in [6.45, 7) is 1.58. The molecule has 1 rings (SSSR count). The zero-order valence-corrected chi connectivity index (χ0v) is 9.47. The first-order chi connectivity index (χ1) is 8.04. The van der Waals surface area contributed by atoms with Crippen LogP contribution in [0.1, 0.15) is 18.4 Å². The third-order valence-electron chi connectivity index (χ3n) is 2.24. The topological polar surface area (TPSA) is 92.5 Å². The Kier molecular flexibility index (Phi) is 4.59. The van der Waals surface area contributed by atoms with E-state index in [9.17, 15) is 14.9 Å². The highest BCUT2D eigenvalue weighted by Crippen LogP contribution is 2.21. The molecule has 0 unspecified atom stereocenters.